The van der Waals surface area contributed by atoms with Crippen molar-refractivity contribution in [3.05, 3.63) is 82.9 Å². The Hall–Kier alpha value is -3.49. The summed E-state index contributed by atoms with van der Waals surface area (Å²) < 4.78 is 12.6. The van der Waals surface area contributed by atoms with Crippen LogP contribution in [0.2, 0.25) is 5.02 Å². The number of thioether (sulfide) groups is 1. The van der Waals surface area contributed by atoms with Crippen molar-refractivity contribution in [3.63, 3.8) is 0 Å². The van der Waals surface area contributed by atoms with Crippen molar-refractivity contribution in [2.45, 2.75) is 11.7 Å². The summed E-state index contributed by atoms with van der Waals surface area (Å²) in [6.45, 7) is 0.555. The first kappa shape index (κ1) is 23.7. The van der Waals surface area contributed by atoms with Crippen LogP contribution < -0.4 is 14.9 Å². The van der Waals surface area contributed by atoms with E-state index < -0.39 is 0 Å². The van der Waals surface area contributed by atoms with Crippen molar-refractivity contribution in [1.82, 2.24) is 15.0 Å². The molecule has 0 radical (unpaired) electrons. The van der Waals surface area contributed by atoms with Gasteiger partial charge in [-0.1, -0.05) is 53.7 Å². The smallest absolute Gasteiger partial charge is 0.250 e. The fraction of sp³-hybridized carbons (Fsp3) is 0.160. The molecule has 0 unspecified atom stereocenters. The molecule has 4 aromatic rings. The van der Waals surface area contributed by atoms with Gasteiger partial charge in [-0.25, -0.2) is 10.4 Å². The standard InChI is InChI=1S/C25H23ClN4O3S/c1-32-19-12-11-17(23(13-19)33-2)14-27-29-24(31)16-34-25-28-21-9-5-6-10-22(21)30(25)15-18-7-3-4-8-20(18)26/h3-14H,15-16H2,1-2H3,(H,29,31). The van der Waals surface area contributed by atoms with Gasteiger partial charge in [-0.15, -0.1) is 0 Å². The van der Waals surface area contributed by atoms with Gasteiger partial charge in [0.25, 0.3) is 5.91 Å². The third-order valence-corrected chi connectivity index (χ3v) is 6.42. The van der Waals surface area contributed by atoms with Gasteiger partial charge in [0.2, 0.25) is 0 Å². The number of para-hydroxylation sites is 2. The van der Waals surface area contributed by atoms with Gasteiger partial charge >= 0.3 is 0 Å². The SMILES string of the molecule is COc1ccc(C=NNC(=O)CSc2nc3ccccc3n2Cc2ccccc2Cl)c(OC)c1. The number of carbonyl (C=O) groups excluding carboxylic acids is 1. The zero-order chi connectivity index (χ0) is 23.9. The summed E-state index contributed by atoms with van der Waals surface area (Å²) in [5.74, 6) is 1.18. The Labute approximate surface area is 206 Å². The number of hydrogen-bond acceptors (Lipinski definition) is 6. The van der Waals surface area contributed by atoms with E-state index in [1.54, 1.807) is 32.4 Å². The molecule has 0 aliphatic carbocycles. The molecule has 0 saturated carbocycles. The molecule has 1 N–H and O–H groups in total. The van der Waals surface area contributed by atoms with E-state index in [1.807, 2.05) is 48.5 Å². The van der Waals surface area contributed by atoms with Gasteiger partial charge in [-0.05, 0) is 35.9 Å². The summed E-state index contributed by atoms with van der Waals surface area (Å²) >= 11 is 7.73. The molecule has 0 fully saturated rings. The molecule has 0 saturated heterocycles. The van der Waals surface area contributed by atoms with E-state index in [9.17, 15) is 4.79 Å². The minimum atomic E-state index is -0.245. The van der Waals surface area contributed by atoms with Gasteiger partial charge in [0.15, 0.2) is 5.16 Å². The van der Waals surface area contributed by atoms with Crippen molar-refractivity contribution in [2.24, 2.45) is 5.10 Å². The first-order valence-corrected chi connectivity index (χ1v) is 11.8. The molecule has 3 aromatic carbocycles. The number of methoxy groups -OCH3 is 2. The number of amides is 1. The molecule has 0 bridgehead atoms. The number of nitrogens with one attached hydrogen (secondary N) is 1. The highest BCUT2D eigenvalue weighted by molar-refractivity contribution is 7.99. The lowest BCUT2D eigenvalue weighted by Crippen LogP contribution is -2.20. The maximum atomic E-state index is 12.4. The average Bonchev–Trinajstić information content (AvgIpc) is 3.21. The van der Waals surface area contributed by atoms with Crippen LogP contribution in [-0.4, -0.2) is 41.6 Å². The molecular weight excluding hydrogens is 472 g/mol. The maximum absolute atomic E-state index is 12.4. The number of halogens is 1. The minimum Gasteiger partial charge on any atom is -0.497 e. The second-order valence-corrected chi connectivity index (χ2v) is 8.60. The lowest BCUT2D eigenvalue weighted by molar-refractivity contribution is -0.118. The van der Waals surface area contributed by atoms with Crippen molar-refractivity contribution in [2.75, 3.05) is 20.0 Å². The van der Waals surface area contributed by atoms with Crippen molar-refractivity contribution >= 4 is 46.5 Å². The summed E-state index contributed by atoms with van der Waals surface area (Å²) in [6, 6.07) is 20.9. The number of hydrogen-bond donors (Lipinski definition) is 1. The maximum Gasteiger partial charge on any atom is 0.250 e. The molecule has 1 aromatic heterocycles. The van der Waals surface area contributed by atoms with Crippen LogP contribution in [0.25, 0.3) is 11.0 Å². The Morgan fingerprint density at radius 3 is 2.71 bits per heavy atom. The van der Waals surface area contributed by atoms with E-state index >= 15 is 0 Å². The summed E-state index contributed by atoms with van der Waals surface area (Å²) in [5.41, 5.74) is 6.11. The largest absolute Gasteiger partial charge is 0.497 e. The van der Waals surface area contributed by atoms with Crippen molar-refractivity contribution in [3.8, 4) is 11.5 Å². The summed E-state index contributed by atoms with van der Waals surface area (Å²) in [6.07, 6.45) is 1.54. The van der Waals surface area contributed by atoms with E-state index in [-0.39, 0.29) is 11.7 Å². The highest BCUT2D eigenvalue weighted by atomic mass is 35.5. The van der Waals surface area contributed by atoms with Crippen LogP contribution in [-0.2, 0) is 11.3 Å². The molecule has 7 nitrogen and oxygen atoms in total. The Balaban J connectivity index is 1.45. The van der Waals surface area contributed by atoms with Gasteiger partial charge in [0.05, 0.1) is 43.8 Å². The summed E-state index contributed by atoms with van der Waals surface area (Å²) in [7, 11) is 3.15. The number of benzene rings is 3. The number of hydrazone groups is 1. The summed E-state index contributed by atoms with van der Waals surface area (Å²) in [4.78, 5) is 17.2. The zero-order valence-corrected chi connectivity index (χ0v) is 20.3. The molecule has 0 atom stereocenters. The van der Waals surface area contributed by atoms with Crippen LogP contribution in [0.15, 0.2) is 77.0 Å². The molecule has 1 amide bonds. The van der Waals surface area contributed by atoms with E-state index in [0.717, 1.165) is 27.3 Å². The topological polar surface area (TPSA) is 77.7 Å². The van der Waals surface area contributed by atoms with Crippen LogP contribution in [0.1, 0.15) is 11.1 Å². The highest BCUT2D eigenvalue weighted by Crippen LogP contribution is 2.27. The molecular formula is C25H23ClN4O3S. The van der Waals surface area contributed by atoms with Crippen LogP contribution in [0, 0.1) is 0 Å². The molecule has 0 aliphatic rings. The second-order valence-electron chi connectivity index (χ2n) is 7.25. The Kier molecular flexibility index (Phi) is 7.72. The lowest BCUT2D eigenvalue weighted by atomic mass is 10.2. The lowest BCUT2D eigenvalue weighted by Gasteiger charge is -2.10. The number of carbonyl (C=O) groups is 1. The zero-order valence-electron chi connectivity index (χ0n) is 18.7. The molecule has 0 spiro atoms. The van der Waals surface area contributed by atoms with Gasteiger partial charge in [-0.3, -0.25) is 4.79 Å². The second kappa shape index (κ2) is 11.1. The third-order valence-electron chi connectivity index (χ3n) is 5.07. The molecule has 4 rings (SSSR count). The monoisotopic (exact) mass is 494 g/mol. The van der Waals surface area contributed by atoms with E-state index in [0.29, 0.717) is 23.1 Å². The van der Waals surface area contributed by atoms with Crippen LogP contribution >= 0.6 is 23.4 Å². The molecule has 0 aliphatic heterocycles. The van der Waals surface area contributed by atoms with Crippen molar-refractivity contribution in [1.29, 1.82) is 0 Å². The quantitative estimate of drug-likeness (QED) is 0.201. The Bertz CT molecular complexity index is 1340. The van der Waals surface area contributed by atoms with Gasteiger partial charge < -0.3 is 14.0 Å². The molecule has 1 heterocycles. The van der Waals surface area contributed by atoms with E-state index in [4.69, 9.17) is 26.1 Å². The highest BCUT2D eigenvalue weighted by Gasteiger charge is 2.14. The fourth-order valence-corrected chi connectivity index (χ4v) is 4.38. The van der Waals surface area contributed by atoms with Crippen LogP contribution in [0.3, 0.4) is 0 Å². The third kappa shape index (κ3) is 5.52. The molecule has 34 heavy (non-hydrogen) atoms. The first-order chi connectivity index (χ1) is 16.6. The van der Waals surface area contributed by atoms with Gasteiger partial charge in [0, 0.05) is 16.7 Å². The predicted molar refractivity (Wildman–Crippen MR) is 136 cm³/mol. The molecule has 174 valence electrons. The van der Waals surface area contributed by atoms with Gasteiger partial charge in [0.1, 0.15) is 11.5 Å². The number of rotatable bonds is 9. The number of ether oxygens (including phenoxy) is 2. The average molecular weight is 495 g/mol. The van der Waals surface area contributed by atoms with Crippen LogP contribution in [0.5, 0.6) is 11.5 Å². The fourth-order valence-electron chi connectivity index (χ4n) is 3.37. The number of imidazole rings is 1. The summed E-state index contributed by atoms with van der Waals surface area (Å²) in [5, 5.41) is 5.48. The Morgan fingerprint density at radius 2 is 1.91 bits per heavy atom. The van der Waals surface area contributed by atoms with E-state index in [2.05, 4.69) is 15.1 Å². The van der Waals surface area contributed by atoms with Crippen LogP contribution in [0.4, 0.5) is 0 Å². The predicted octanol–water partition coefficient (Wildman–Crippen LogP) is 5.00. The van der Waals surface area contributed by atoms with E-state index in [1.165, 1.54) is 18.0 Å². The number of nitrogens with zero attached hydrogens (tertiary/aromatic N) is 3. The number of fused-ring (bicyclic) bond motifs is 1. The Morgan fingerprint density at radius 1 is 1.12 bits per heavy atom. The minimum absolute atomic E-state index is 0.156. The van der Waals surface area contributed by atoms with Crippen molar-refractivity contribution < 1.29 is 14.3 Å². The van der Waals surface area contributed by atoms with Gasteiger partial charge in [-0.2, -0.15) is 5.10 Å². The molecule has 9 heteroatoms. The number of aromatic nitrogens is 2. The first-order valence-electron chi connectivity index (χ1n) is 10.4. The normalized spacial score (nSPS) is 11.1.